The van der Waals surface area contributed by atoms with E-state index < -0.39 is 6.10 Å². The average molecular weight is 324 g/mol. The number of nitrogens with one attached hydrogen (secondary N) is 1. The Morgan fingerprint density at radius 3 is 2.81 bits per heavy atom. The van der Waals surface area contributed by atoms with E-state index in [4.69, 9.17) is 28.5 Å². The summed E-state index contributed by atoms with van der Waals surface area (Å²) in [6, 6.07) is 5.28. The lowest BCUT2D eigenvalue weighted by Crippen LogP contribution is -2.20. The zero-order chi connectivity index (χ0) is 12.1. The molecule has 0 saturated heterocycles. The van der Waals surface area contributed by atoms with Crippen LogP contribution in [0.2, 0.25) is 5.02 Å². The number of benzene rings is 1. The van der Waals surface area contributed by atoms with E-state index in [0.717, 1.165) is 0 Å². The number of aliphatic hydroxyl groups excluding tert-OH is 1. The van der Waals surface area contributed by atoms with E-state index in [1.807, 2.05) is 6.07 Å². The number of nitriles is 1. The topological polar surface area (TPSA) is 56.0 Å². The fraction of sp³-hybridized carbons (Fsp3) is 0.300. The van der Waals surface area contributed by atoms with Crippen molar-refractivity contribution in [3.05, 3.63) is 27.2 Å². The zero-order valence-corrected chi connectivity index (χ0v) is 11.3. The molecule has 0 aliphatic heterocycles. The first kappa shape index (κ1) is 13.6. The van der Waals surface area contributed by atoms with E-state index in [9.17, 15) is 5.11 Å². The normalized spacial score (nSPS) is 11.9. The summed E-state index contributed by atoms with van der Waals surface area (Å²) >= 11 is 14.7. The van der Waals surface area contributed by atoms with Crippen LogP contribution in [0.5, 0.6) is 0 Å². The molecule has 0 amide bonds. The molecule has 0 heterocycles. The maximum Gasteiger partial charge on any atom is 0.100 e. The van der Waals surface area contributed by atoms with Crippen molar-refractivity contribution in [1.29, 1.82) is 5.26 Å². The molecule has 0 aliphatic rings. The summed E-state index contributed by atoms with van der Waals surface area (Å²) in [4.78, 5) is 0. The molecule has 6 heteroatoms. The molecule has 16 heavy (non-hydrogen) atoms. The van der Waals surface area contributed by atoms with Gasteiger partial charge < -0.3 is 10.4 Å². The molecule has 1 unspecified atom stereocenters. The van der Waals surface area contributed by atoms with Crippen molar-refractivity contribution in [2.75, 3.05) is 17.7 Å². The van der Waals surface area contributed by atoms with Gasteiger partial charge in [0.05, 0.1) is 28.3 Å². The van der Waals surface area contributed by atoms with Crippen molar-refractivity contribution >= 4 is 44.8 Å². The van der Waals surface area contributed by atoms with Crippen LogP contribution in [0, 0.1) is 11.3 Å². The number of aliphatic hydroxyl groups is 1. The largest absolute Gasteiger partial charge is 0.390 e. The quantitative estimate of drug-likeness (QED) is 0.837. The zero-order valence-electron chi connectivity index (χ0n) is 8.17. The lowest BCUT2D eigenvalue weighted by atomic mass is 10.2. The number of hydrogen-bond donors (Lipinski definition) is 2. The van der Waals surface area contributed by atoms with Crippen molar-refractivity contribution in [2.45, 2.75) is 6.10 Å². The molecule has 0 radical (unpaired) electrons. The van der Waals surface area contributed by atoms with Crippen LogP contribution in [-0.2, 0) is 0 Å². The maximum atomic E-state index is 9.28. The van der Waals surface area contributed by atoms with Crippen molar-refractivity contribution in [3.8, 4) is 6.07 Å². The summed E-state index contributed by atoms with van der Waals surface area (Å²) in [5.41, 5.74) is 1.08. The Morgan fingerprint density at radius 1 is 1.56 bits per heavy atom. The lowest BCUT2D eigenvalue weighted by molar-refractivity contribution is 0.211. The second-order valence-corrected chi connectivity index (χ2v) is 4.68. The molecule has 0 aromatic heterocycles. The SMILES string of the molecule is N#Cc1cc(NCC(O)CCl)c(Cl)cc1Br. The smallest absolute Gasteiger partial charge is 0.100 e. The van der Waals surface area contributed by atoms with Gasteiger partial charge in [-0.15, -0.1) is 11.6 Å². The highest BCUT2D eigenvalue weighted by atomic mass is 79.9. The van der Waals surface area contributed by atoms with Crippen molar-refractivity contribution in [2.24, 2.45) is 0 Å². The summed E-state index contributed by atoms with van der Waals surface area (Å²) in [7, 11) is 0. The Kier molecular flexibility index (Phi) is 5.36. The van der Waals surface area contributed by atoms with Gasteiger partial charge in [0, 0.05) is 11.0 Å². The van der Waals surface area contributed by atoms with Gasteiger partial charge in [-0.3, -0.25) is 0 Å². The van der Waals surface area contributed by atoms with Gasteiger partial charge in [-0.05, 0) is 28.1 Å². The molecule has 0 fully saturated rings. The minimum Gasteiger partial charge on any atom is -0.390 e. The molecular formula is C10H9BrCl2N2O. The average Bonchev–Trinajstić information content (AvgIpc) is 2.27. The van der Waals surface area contributed by atoms with Gasteiger partial charge in [0.2, 0.25) is 0 Å². The van der Waals surface area contributed by atoms with E-state index >= 15 is 0 Å². The first-order valence-corrected chi connectivity index (χ1v) is 6.16. The fourth-order valence-electron chi connectivity index (χ4n) is 1.05. The summed E-state index contributed by atoms with van der Waals surface area (Å²) < 4.78 is 0.642. The van der Waals surface area contributed by atoms with Crippen molar-refractivity contribution < 1.29 is 5.11 Å². The van der Waals surface area contributed by atoms with Crippen molar-refractivity contribution in [3.63, 3.8) is 0 Å². The van der Waals surface area contributed by atoms with Crippen molar-refractivity contribution in [1.82, 2.24) is 0 Å². The predicted octanol–water partition coefficient (Wildman–Crippen LogP) is 2.99. The first-order chi connectivity index (χ1) is 7.58. The Labute approximate surface area is 112 Å². The standard InChI is InChI=1S/C10H9BrCl2N2O/c11-8-2-9(13)10(1-6(8)4-14)15-5-7(16)3-12/h1-2,7,15-16H,3,5H2. The third kappa shape index (κ3) is 3.53. The van der Waals surface area contributed by atoms with Crippen LogP contribution in [0.3, 0.4) is 0 Å². The molecule has 0 spiro atoms. The minimum atomic E-state index is -0.646. The molecule has 1 atom stereocenters. The highest BCUT2D eigenvalue weighted by Crippen LogP contribution is 2.29. The Bertz CT molecular complexity index is 420. The molecule has 2 N–H and O–H groups in total. The van der Waals surface area contributed by atoms with Gasteiger partial charge in [-0.1, -0.05) is 11.6 Å². The van der Waals surface area contributed by atoms with Crippen LogP contribution >= 0.6 is 39.1 Å². The molecule has 86 valence electrons. The van der Waals surface area contributed by atoms with Crippen LogP contribution in [-0.4, -0.2) is 23.6 Å². The maximum absolute atomic E-state index is 9.28. The number of rotatable bonds is 4. The van der Waals surface area contributed by atoms with E-state index in [2.05, 4.69) is 21.2 Å². The third-order valence-electron chi connectivity index (χ3n) is 1.88. The Hall–Kier alpha value is -0.470. The van der Waals surface area contributed by atoms with Gasteiger partial charge in [-0.25, -0.2) is 0 Å². The first-order valence-electron chi connectivity index (χ1n) is 4.45. The summed E-state index contributed by atoms with van der Waals surface area (Å²) in [6.07, 6.45) is -0.646. The van der Waals surface area contributed by atoms with Crippen LogP contribution in [0.15, 0.2) is 16.6 Å². The highest BCUT2D eigenvalue weighted by Gasteiger charge is 2.08. The highest BCUT2D eigenvalue weighted by molar-refractivity contribution is 9.10. The minimum absolute atomic E-state index is 0.145. The number of hydrogen-bond acceptors (Lipinski definition) is 3. The van der Waals surface area contributed by atoms with E-state index in [1.54, 1.807) is 12.1 Å². The predicted molar refractivity (Wildman–Crippen MR) is 69.1 cm³/mol. The van der Waals surface area contributed by atoms with E-state index in [-0.39, 0.29) is 12.4 Å². The summed E-state index contributed by atoms with van der Waals surface area (Å²) in [5.74, 6) is 0.145. The Morgan fingerprint density at radius 2 is 2.25 bits per heavy atom. The number of alkyl halides is 1. The lowest BCUT2D eigenvalue weighted by Gasteiger charge is -2.12. The van der Waals surface area contributed by atoms with Crippen LogP contribution in [0.1, 0.15) is 5.56 Å². The second-order valence-electron chi connectivity index (χ2n) is 3.11. The van der Waals surface area contributed by atoms with Gasteiger partial charge in [0.1, 0.15) is 6.07 Å². The summed E-state index contributed by atoms with van der Waals surface area (Å²) in [5, 5.41) is 21.5. The van der Waals surface area contributed by atoms with Crippen LogP contribution < -0.4 is 5.32 Å². The van der Waals surface area contributed by atoms with Gasteiger partial charge in [0.25, 0.3) is 0 Å². The number of anilines is 1. The molecule has 0 aliphatic carbocycles. The molecule has 1 aromatic carbocycles. The molecule has 0 bridgehead atoms. The third-order valence-corrected chi connectivity index (χ3v) is 3.21. The molecule has 3 nitrogen and oxygen atoms in total. The molecule has 1 rings (SSSR count). The number of nitrogens with zero attached hydrogens (tertiary/aromatic N) is 1. The van der Waals surface area contributed by atoms with Crippen LogP contribution in [0.4, 0.5) is 5.69 Å². The molecular weight excluding hydrogens is 315 g/mol. The fourth-order valence-corrected chi connectivity index (χ4v) is 1.96. The van der Waals surface area contributed by atoms with Gasteiger partial charge in [0.15, 0.2) is 0 Å². The molecule has 0 saturated carbocycles. The van der Waals surface area contributed by atoms with Gasteiger partial charge in [-0.2, -0.15) is 5.26 Å². The van der Waals surface area contributed by atoms with Gasteiger partial charge >= 0.3 is 0 Å². The number of halogens is 3. The molecule has 1 aromatic rings. The van der Waals surface area contributed by atoms with E-state index in [1.165, 1.54) is 0 Å². The second kappa shape index (κ2) is 6.31. The summed E-state index contributed by atoms with van der Waals surface area (Å²) in [6.45, 7) is 0.287. The van der Waals surface area contributed by atoms with Crippen LogP contribution in [0.25, 0.3) is 0 Å². The Balaban J connectivity index is 2.84. The monoisotopic (exact) mass is 322 g/mol. The van der Waals surface area contributed by atoms with E-state index in [0.29, 0.717) is 20.7 Å².